The van der Waals surface area contributed by atoms with Gasteiger partial charge in [-0.1, -0.05) is 0 Å². The Hall–Kier alpha value is -1.87. The molecule has 26 heavy (non-hydrogen) atoms. The monoisotopic (exact) mass is 377 g/mol. The van der Waals surface area contributed by atoms with Crippen molar-refractivity contribution >= 4 is 11.7 Å². The van der Waals surface area contributed by atoms with E-state index in [9.17, 15) is 22.4 Å². The van der Waals surface area contributed by atoms with E-state index in [1.807, 2.05) is 0 Å². The minimum Gasteiger partial charge on any atom is -0.383 e. The van der Waals surface area contributed by atoms with E-state index in [0.717, 1.165) is 32.5 Å². The summed E-state index contributed by atoms with van der Waals surface area (Å²) in [5.41, 5.74) is -1.52. The Bertz CT molecular complexity index is 610. The van der Waals surface area contributed by atoms with Gasteiger partial charge in [-0.2, -0.15) is 13.2 Å². The van der Waals surface area contributed by atoms with Crippen molar-refractivity contribution in [3.63, 3.8) is 0 Å². The van der Waals surface area contributed by atoms with E-state index in [0.29, 0.717) is 31.4 Å². The van der Waals surface area contributed by atoms with Crippen LogP contribution >= 0.6 is 0 Å². The number of urea groups is 1. The fraction of sp³-hybridized carbons (Fsp3) is 0.588. The number of rotatable bonds is 6. The SMILES string of the molecule is COCCN1CCC[C@@H](CNC(=O)Nc2cc(C(F)(F)F)ccc2F)C1. The van der Waals surface area contributed by atoms with Crippen molar-refractivity contribution in [1.82, 2.24) is 10.2 Å². The Morgan fingerprint density at radius 1 is 1.38 bits per heavy atom. The molecule has 1 aromatic carbocycles. The predicted molar refractivity (Wildman–Crippen MR) is 89.5 cm³/mol. The lowest BCUT2D eigenvalue weighted by Gasteiger charge is -2.32. The van der Waals surface area contributed by atoms with Crippen LogP contribution in [0.1, 0.15) is 18.4 Å². The van der Waals surface area contributed by atoms with Gasteiger partial charge in [0, 0.05) is 26.7 Å². The number of alkyl halides is 3. The van der Waals surface area contributed by atoms with Gasteiger partial charge in [-0.25, -0.2) is 9.18 Å². The van der Waals surface area contributed by atoms with Gasteiger partial charge >= 0.3 is 12.2 Å². The van der Waals surface area contributed by atoms with E-state index in [4.69, 9.17) is 4.74 Å². The molecule has 0 radical (unpaired) electrons. The van der Waals surface area contributed by atoms with Crippen molar-refractivity contribution in [2.24, 2.45) is 5.92 Å². The van der Waals surface area contributed by atoms with E-state index in [1.54, 1.807) is 7.11 Å². The lowest BCUT2D eigenvalue weighted by Crippen LogP contribution is -2.42. The summed E-state index contributed by atoms with van der Waals surface area (Å²) < 4.78 is 56.8. The number of ether oxygens (including phenoxy) is 1. The molecular weight excluding hydrogens is 354 g/mol. The fourth-order valence-corrected chi connectivity index (χ4v) is 2.94. The molecule has 0 bridgehead atoms. The Labute approximate surface area is 149 Å². The molecule has 5 nitrogen and oxygen atoms in total. The van der Waals surface area contributed by atoms with E-state index in [1.165, 1.54) is 0 Å². The number of nitrogens with one attached hydrogen (secondary N) is 2. The molecule has 0 aromatic heterocycles. The average molecular weight is 377 g/mol. The number of methoxy groups -OCH3 is 1. The Kier molecular flexibility index (Phi) is 7.22. The van der Waals surface area contributed by atoms with E-state index in [2.05, 4.69) is 15.5 Å². The van der Waals surface area contributed by atoms with Crippen molar-refractivity contribution < 1.29 is 27.1 Å². The number of amides is 2. The zero-order valence-corrected chi connectivity index (χ0v) is 14.5. The van der Waals surface area contributed by atoms with Gasteiger partial charge in [0.1, 0.15) is 5.82 Å². The molecule has 146 valence electrons. The van der Waals surface area contributed by atoms with Crippen molar-refractivity contribution in [3.8, 4) is 0 Å². The number of likely N-dealkylation sites (tertiary alicyclic amines) is 1. The zero-order chi connectivity index (χ0) is 19.2. The molecule has 1 saturated heterocycles. The van der Waals surface area contributed by atoms with Crippen LogP contribution in [0.25, 0.3) is 0 Å². The quantitative estimate of drug-likeness (QED) is 0.748. The van der Waals surface area contributed by atoms with Crippen LogP contribution in [-0.2, 0) is 10.9 Å². The smallest absolute Gasteiger partial charge is 0.383 e. The summed E-state index contributed by atoms with van der Waals surface area (Å²) in [4.78, 5) is 14.2. The number of carbonyl (C=O) groups excluding carboxylic acids is 1. The van der Waals surface area contributed by atoms with Gasteiger partial charge in [-0.05, 0) is 43.5 Å². The lowest BCUT2D eigenvalue weighted by atomic mass is 9.98. The van der Waals surface area contributed by atoms with Gasteiger partial charge in [0.2, 0.25) is 0 Å². The number of benzene rings is 1. The third kappa shape index (κ3) is 6.14. The fourth-order valence-electron chi connectivity index (χ4n) is 2.94. The van der Waals surface area contributed by atoms with Crippen molar-refractivity contribution in [2.45, 2.75) is 19.0 Å². The van der Waals surface area contributed by atoms with Crippen LogP contribution in [0.3, 0.4) is 0 Å². The van der Waals surface area contributed by atoms with Crippen LogP contribution in [0.2, 0.25) is 0 Å². The first kappa shape index (κ1) is 20.4. The molecule has 1 aliphatic rings. The van der Waals surface area contributed by atoms with Crippen LogP contribution in [0.15, 0.2) is 18.2 Å². The minimum absolute atomic E-state index is 0.234. The molecule has 2 amide bonds. The molecule has 1 atom stereocenters. The van der Waals surface area contributed by atoms with E-state index >= 15 is 0 Å². The van der Waals surface area contributed by atoms with Gasteiger partial charge < -0.3 is 20.3 Å². The summed E-state index contributed by atoms with van der Waals surface area (Å²) in [5.74, 6) is -0.686. The number of halogens is 4. The third-order valence-corrected chi connectivity index (χ3v) is 4.31. The molecule has 0 unspecified atom stereocenters. The maximum atomic E-state index is 13.7. The van der Waals surface area contributed by atoms with Crippen molar-refractivity contribution in [3.05, 3.63) is 29.6 Å². The molecule has 0 aliphatic carbocycles. The molecule has 0 spiro atoms. The van der Waals surface area contributed by atoms with Crippen molar-refractivity contribution in [2.75, 3.05) is 45.2 Å². The van der Waals surface area contributed by atoms with Crippen LogP contribution in [-0.4, -0.2) is 50.8 Å². The van der Waals surface area contributed by atoms with E-state index < -0.39 is 29.3 Å². The molecule has 1 fully saturated rings. The van der Waals surface area contributed by atoms with Crippen LogP contribution in [0.5, 0.6) is 0 Å². The predicted octanol–water partition coefficient (Wildman–Crippen LogP) is 3.32. The van der Waals surface area contributed by atoms with Gasteiger partial charge in [-0.15, -0.1) is 0 Å². The Morgan fingerprint density at radius 2 is 2.15 bits per heavy atom. The second kappa shape index (κ2) is 9.18. The first-order valence-electron chi connectivity index (χ1n) is 8.42. The number of hydrogen-bond acceptors (Lipinski definition) is 3. The highest BCUT2D eigenvalue weighted by Gasteiger charge is 2.31. The van der Waals surface area contributed by atoms with Gasteiger partial charge in [0.25, 0.3) is 0 Å². The summed E-state index contributed by atoms with van der Waals surface area (Å²) >= 11 is 0. The molecule has 9 heteroatoms. The molecule has 0 saturated carbocycles. The molecule has 1 aliphatic heterocycles. The second-order valence-corrected chi connectivity index (χ2v) is 6.33. The van der Waals surface area contributed by atoms with Crippen LogP contribution in [0, 0.1) is 11.7 Å². The summed E-state index contributed by atoms with van der Waals surface area (Å²) in [5, 5.41) is 4.76. The normalized spacial score (nSPS) is 18.6. The summed E-state index contributed by atoms with van der Waals surface area (Å²) in [6.07, 6.45) is -2.66. The van der Waals surface area contributed by atoms with Gasteiger partial charge in [0.15, 0.2) is 0 Å². The molecule has 2 rings (SSSR count). The summed E-state index contributed by atoms with van der Waals surface area (Å²) in [6, 6.07) is 1.18. The maximum absolute atomic E-state index is 13.7. The van der Waals surface area contributed by atoms with Crippen LogP contribution in [0.4, 0.5) is 28.0 Å². The molecule has 1 aromatic rings. The third-order valence-electron chi connectivity index (χ3n) is 4.31. The Morgan fingerprint density at radius 3 is 2.85 bits per heavy atom. The highest BCUT2D eigenvalue weighted by atomic mass is 19.4. The largest absolute Gasteiger partial charge is 0.416 e. The van der Waals surface area contributed by atoms with E-state index in [-0.39, 0.29) is 5.92 Å². The molecule has 2 N–H and O–H groups in total. The van der Waals surface area contributed by atoms with Gasteiger partial charge in [0.05, 0.1) is 17.9 Å². The summed E-state index contributed by atoms with van der Waals surface area (Å²) in [7, 11) is 1.64. The number of hydrogen-bond donors (Lipinski definition) is 2. The van der Waals surface area contributed by atoms with Crippen molar-refractivity contribution in [1.29, 1.82) is 0 Å². The number of nitrogens with zero attached hydrogens (tertiary/aromatic N) is 1. The minimum atomic E-state index is -4.60. The topological polar surface area (TPSA) is 53.6 Å². The standard InChI is InChI=1S/C17H23F4N3O2/c1-26-8-7-24-6-2-3-12(11-24)10-22-16(25)23-15-9-13(17(19,20)21)4-5-14(15)18/h4-5,9,12H,2-3,6-8,10-11H2,1H3,(H2,22,23,25)/t12-/m0/s1. The lowest BCUT2D eigenvalue weighted by molar-refractivity contribution is -0.137. The molecule has 1 heterocycles. The zero-order valence-electron chi connectivity index (χ0n) is 14.5. The van der Waals surface area contributed by atoms with Gasteiger partial charge in [-0.3, -0.25) is 0 Å². The highest BCUT2D eigenvalue weighted by Crippen LogP contribution is 2.31. The van der Waals surface area contributed by atoms with Crippen LogP contribution < -0.4 is 10.6 Å². The summed E-state index contributed by atoms with van der Waals surface area (Å²) in [6.45, 7) is 3.60. The number of carbonyl (C=O) groups is 1. The number of anilines is 1. The average Bonchev–Trinajstić information content (AvgIpc) is 2.59. The first-order chi connectivity index (χ1) is 12.3. The maximum Gasteiger partial charge on any atom is 0.416 e. The molecular formula is C17H23F4N3O2. The number of piperidine rings is 1. The highest BCUT2D eigenvalue weighted by molar-refractivity contribution is 5.89. The first-order valence-corrected chi connectivity index (χ1v) is 8.42. The second-order valence-electron chi connectivity index (χ2n) is 6.33. The Balaban J connectivity index is 1.85.